The molecule has 2 bridgehead atoms. The Morgan fingerprint density at radius 3 is 2.69 bits per heavy atom. The standard InChI is InChI=1S/C15H27N/c1-5-6-7-10-16-13-14(2,3)12-8-9-15(13,4)11-12/h5,12-13,16H,1,6-11H2,2-4H3. The molecular formula is C15H27N. The number of fused-ring (bicyclic) bond motifs is 2. The minimum Gasteiger partial charge on any atom is -0.313 e. The topological polar surface area (TPSA) is 12.0 Å². The molecule has 1 heteroatoms. The summed E-state index contributed by atoms with van der Waals surface area (Å²) < 4.78 is 0. The molecule has 3 atom stereocenters. The first-order valence-electron chi connectivity index (χ1n) is 6.85. The van der Waals surface area contributed by atoms with Gasteiger partial charge >= 0.3 is 0 Å². The lowest BCUT2D eigenvalue weighted by atomic mass is 9.68. The first-order chi connectivity index (χ1) is 7.50. The Bertz CT molecular complexity index is 264. The van der Waals surface area contributed by atoms with Gasteiger partial charge in [0, 0.05) is 6.04 Å². The van der Waals surface area contributed by atoms with Crippen molar-refractivity contribution in [2.45, 2.75) is 58.9 Å². The second-order valence-electron chi connectivity index (χ2n) is 6.73. The highest BCUT2D eigenvalue weighted by Gasteiger charge is 2.58. The lowest BCUT2D eigenvalue weighted by Gasteiger charge is -2.43. The van der Waals surface area contributed by atoms with E-state index in [-0.39, 0.29) is 0 Å². The first kappa shape index (κ1) is 12.2. The SMILES string of the molecule is C=CCCCNC1C2(C)CCC(C2)C1(C)C. The Labute approximate surface area is 101 Å². The van der Waals surface area contributed by atoms with E-state index in [1.165, 1.54) is 25.7 Å². The van der Waals surface area contributed by atoms with Crippen LogP contribution in [0.5, 0.6) is 0 Å². The minimum absolute atomic E-state index is 0.501. The fourth-order valence-corrected chi connectivity index (χ4v) is 4.30. The maximum atomic E-state index is 3.83. The molecule has 2 rings (SSSR count). The zero-order valence-corrected chi connectivity index (χ0v) is 11.2. The van der Waals surface area contributed by atoms with Crippen molar-refractivity contribution >= 4 is 0 Å². The van der Waals surface area contributed by atoms with Crippen molar-refractivity contribution in [3.63, 3.8) is 0 Å². The molecule has 0 aromatic heterocycles. The third kappa shape index (κ3) is 1.84. The van der Waals surface area contributed by atoms with Gasteiger partial charge in [-0.1, -0.05) is 26.8 Å². The normalized spacial score (nSPS) is 40.2. The molecule has 2 saturated carbocycles. The third-order valence-electron chi connectivity index (χ3n) is 5.20. The second kappa shape index (κ2) is 4.18. The molecule has 2 aliphatic carbocycles. The molecule has 0 aromatic rings. The van der Waals surface area contributed by atoms with E-state index in [4.69, 9.17) is 0 Å². The molecule has 0 aliphatic heterocycles. The Balaban J connectivity index is 1.94. The van der Waals surface area contributed by atoms with Gasteiger partial charge in [-0.25, -0.2) is 0 Å². The Kier molecular flexibility index (Phi) is 3.18. The smallest absolute Gasteiger partial charge is 0.0175 e. The summed E-state index contributed by atoms with van der Waals surface area (Å²) in [6.45, 7) is 12.4. The van der Waals surface area contributed by atoms with Gasteiger partial charge in [0.15, 0.2) is 0 Å². The maximum Gasteiger partial charge on any atom is 0.0175 e. The highest BCUT2D eigenvalue weighted by Crippen LogP contribution is 2.62. The van der Waals surface area contributed by atoms with Crippen molar-refractivity contribution in [1.82, 2.24) is 5.32 Å². The van der Waals surface area contributed by atoms with Crippen molar-refractivity contribution in [2.24, 2.45) is 16.7 Å². The van der Waals surface area contributed by atoms with E-state index in [0.717, 1.165) is 24.9 Å². The molecule has 0 amide bonds. The summed E-state index contributed by atoms with van der Waals surface area (Å²) in [5.41, 5.74) is 1.07. The van der Waals surface area contributed by atoms with Gasteiger partial charge in [-0.15, -0.1) is 6.58 Å². The lowest BCUT2D eigenvalue weighted by Crippen LogP contribution is -2.50. The molecule has 3 unspecified atom stereocenters. The molecule has 2 fully saturated rings. The van der Waals surface area contributed by atoms with Crippen LogP contribution >= 0.6 is 0 Å². The van der Waals surface area contributed by atoms with Gasteiger partial charge in [-0.05, 0) is 55.4 Å². The summed E-state index contributed by atoms with van der Waals surface area (Å²) in [4.78, 5) is 0. The highest BCUT2D eigenvalue weighted by atomic mass is 15.0. The number of rotatable bonds is 5. The van der Waals surface area contributed by atoms with E-state index >= 15 is 0 Å². The lowest BCUT2D eigenvalue weighted by molar-refractivity contribution is 0.109. The van der Waals surface area contributed by atoms with E-state index in [0.29, 0.717) is 10.8 Å². The van der Waals surface area contributed by atoms with Crippen LogP contribution < -0.4 is 5.32 Å². The van der Waals surface area contributed by atoms with E-state index in [1.807, 2.05) is 6.08 Å². The van der Waals surface area contributed by atoms with Crippen LogP contribution in [0.15, 0.2) is 12.7 Å². The molecule has 0 radical (unpaired) electrons. The fraction of sp³-hybridized carbons (Fsp3) is 0.867. The predicted molar refractivity (Wildman–Crippen MR) is 70.5 cm³/mol. The average molecular weight is 221 g/mol. The molecule has 0 aromatic carbocycles. The van der Waals surface area contributed by atoms with E-state index in [1.54, 1.807) is 0 Å². The quantitative estimate of drug-likeness (QED) is 0.550. The van der Waals surface area contributed by atoms with Gasteiger partial charge < -0.3 is 5.32 Å². The number of nitrogens with one attached hydrogen (secondary N) is 1. The van der Waals surface area contributed by atoms with Crippen LogP contribution in [0.25, 0.3) is 0 Å². The third-order valence-corrected chi connectivity index (χ3v) is 5.20. The Morgan fingerprint density at radius 2 is 2.12 bits per heavy atom. The molecule has 2 aliphatic rings. The maximum absolute atomic E-state index is 3.83. The van der Waals surface area contributed by atoms with Crippen LogP contribution in [-0.2, 0) is 0 Å². The highest BCUT2D eigenvalue weighted by molar-refractivity contribution is 5.11. The summed E-state index contributed by atoms with van der Waals surface area (Å²) in [6, 6.07) is 0.726. The Morgan fingerprint density at radius 1 is 1.38 bits per heavy atom. The van der Waals surface area contributed by atoms with Gasteiger partial charge in [0.25, 0.3) is 0 Å². The van der Waals surface area contributed by atoms with Crippen molar-refractivity contribution < 1.29 is 0 Å². The van der Waals surface area contributed by atoms with Crippen LogP contribution in [0, 0.1) is 16.7 Å². The summed E-state index contributed by atoms with van der Waals surface area (Å²) >= 11 is 0. The van der Waals surface area contributed by atoms with Gasteiger partial charge in [-0.3, -0.25) is 0 Å². The van der Waals surface area contributed by atoms with E-state index < -0.39 is 0 Å². The van der Waals surface area contributed by atoms with Gasteiger partial charge in [-0.2, -0.15) is 0 Å². The van der Waals surface area contributed by atoms with Crippen molar-refractivity contribution in [2.75, 3.05) is 6.54 Å². The summed E-state index contributed by atoms with van der Waals surface area (Å²) in [7, 11) is 0. The van der Waals surface area contributed by atoms with Crippen LogP contribution in [0.1, 0.15) is 52.9 Å². The van der Waals surface area contributed by atoms with Gasteiger partial charge in [0.05, 0.1) is 0 Å². The molecule has 0 heterocycles. The van der Waals surface area contributed by atoms with Crippen LogP contribution in [0.3, 0.4) is 0 Å². The summed E-state index contributed by atoms with van der Waals surface area (Å²) in [5, 5.41) is 3.83. The van der Waals surface area contributed by atoms with Gasteiger partial charge in [0.1, 0.15) is 0 Å². The van der Waals surface area contributed by atoms with E-state index in [9.17, 15) is 0 Å². The summed E-state index contributed by atoms with van der Waals surface area (Å²) in [6.07, 6.45) is 8.72. The van der Waals surface area contributed by atoms with Crippen molar-refractivity contribution in [3.05, 3.63) is 12.7 Å². The molecular weight excluding hydrogens is 194 g/mol. The van der Waals surface area contributed by atoms with Crippen LogP contribution in [0.2, 0.25) is 0 Å². The second-order valence-corrected chi connectivity index (χ2v) is 6.73. The van der Waals surface area contributed by atoms with Crippen LogP contribution in [-0.4, -0.2) is 12.6 Å². The molecule has 16 heavy (non-hydrogen) atoms. The molecule has 1 nitrogen and oxygen atoms in total. The largest absolute Gasteiger partial charge is 0.313 e. The zero-order valence-electron chi connectivity index (χ0n) is 11.2. The molecule has 0 spiro atoms. The van der Waals surface area contributed by atoms with Crippen LogP contribution in [0.4, 0.5) is 0 Å². The number of hydrogen-bond acceptors (Lipinski definition) is 1. The number of hydrogen-bond donors (Lipinski definition) is 1. The summed E-state index contributed by atoms with van der Waals surface area (Å²) in [5.74, 6) is 0.953. The van der Waals surface area contributed by atoms with Crippen molar-refractivity contribution in [1.29, 1.82) is 0 Å². The molecule has 0 saturated heterocycles. The number of unbranched alkanes of at least 4 members (excludes halogenated alkanes) is 1. The number of allylic oxidation sites excluding steroid dienone is 1. The fourth-order valence-electron chi connectivity index (χ4n) is 4.30. The minimum atomic E-state index is 0.501. The first-order valence-corrected chi connectivity index (χ1v) is 6.85. The molecule has 1 N–H and O–H groups in total. The van der Waals surface area contributed by atoms with Gasteiger partial charge in [0.2, 0.25) is 0 Å². The monoisotopic (exact) mass is 221 g/mol. The van der Waals surface area contributed by atoms with Crippen molar-refractivity contribution in [3.8, 4) is 0 Å². The van der Waals surface area contributed by atoms with E-state index in [2.05, 4.69) is 32.7 Å². The zero-order chi connectivity index (χ0) is 11.8. The molecule has 92 valence electrons. The average Bonchev–Trinajstić information content (AvgIpc) is 2.68. The Hall–Kier alpha value is -0.300. The predicted octanol–water partition coefficient (Wildman–Crippen LogP) is 3.76.